The zero-order chi connectivity index (χ0) is 11.5. The molecule has 4 heteroatoms. The van der Waals surface area contributed by atoms with Crippen LogP contribution in [0.4, 0.5) is 11.5 Å². The van der Waals surface area contributed by atoms with E-state index in [0.717, 1.165) is 12.8 Å². The Morgan fingerprint density at radius 3 is 2.53 bits per heavy atom. The van der Waals surface area contributed by atoms with Crippen molar-refractivity contribution in [1.29, 1.82) is 0 Å². The average Bonchev–Trinajstić information content (AvgIpc) is 2.22. The van der Waals surface area contributed by atoms with Crippen LogP contribution < -0.4 is 11.1 Å². The second kappa shape index (κ2) is 4.71. The number of pyridine rings is 1. The van der Waals surface area contributed by atoms with Crippen LogP contribution in [0.1, 0.15) is 33.6 Å². The Morgan fingerprint density at radius 1 is 1.47 bits per heavy atom. The highest BCUT2D eigenvalue weighted by Crippen LogP contribution is 2.25. The average molecular weight is 228 g/mol. The van der Waals surface area contributed by atoms with Crippen LogP contribution in [-0.2, 0) is 0 Å². The monoisotopic (exact) mass is 227 g/mol. The number of hydrogen-bond acceptors (Lipinski definition) is 3. The van der Waals surface area contributed by atoms with Crippen molar-refractivity contribution in [2.75, 3.05) is 11.1 Å². The van der Waals surface area contributed by atoms with Gasteiger partial charge in [0.1, 0.15) is 5.82 Å². The van der Waals surface area contributed by atoms with Crippen LogP contribution in [0.25, 0.3) is 0 Å². The minimum absolute atomic E-state index is 0.0367. The van der Waals surface area contributed by atoms with Crippen LogP contribution in [0.2, 0.25) is 5.02 Å². The molecule has 0 unspecified atom stereocenters. The predicted molar refractivity (Wildman–Crippen MR) is 66.3 cm³/mol. The maximum Gasteiger partial charge on any atom is 0.149 e. The molecule has 0 bridgehead atoms. The van der Waals surface area contributed by atoms with E-state index in [1.54, 1.807) is 12.3 Å². The molecule has 0 saturated heterocycles. The highest BCUT2D eigenvalue weighted by molar-refractivity contribution is 6.30. The molecule has 3 nitrogen and oxygen atoms in total. The summed E-state index contributed by atoms with van der Waals surface area (Å²) in [5.41, 5.74) is 6.46. The highest BCUT2D eigenvalue weighted by atomic mass is 35.5. The van der Waals surface area contributed by atoms with Gasteiger partial charge in [-0.1, -0.05) is 25.4 Å². The van der Waals surface area contributed by atoms with Crippen molar-refractivity contribution >= 4 is 23.1 Å². The van der Waals surface area contributed by atoms with E-state index in [2.05, 4.69) is 31.1 Å². The Kier molecular flexibility index (Phi) is 3.80. The van der Waals surface area contributed by atoms with Gasteiger partial charge in [0.25, 0.3) is 0 Å². The van der Waals surface area contributed by atoms with E-state index in [1.165, 1.54) is 0 Å². The fraction of sp³-hybridized carbons (Fsp3) is 0.545. The minimum Gasteiger partial charge on any atom is -0.396 e. The zero-order valence-corrected chi connectivity index (χ0v) is 10.2. The molecule has 0 radical (unpaired) electrons. The fourth-order valence-corrected chi connectivity index (χ4v) is 1.44. The minimum atomic E-state index is 0.0367. The van der Waals surface area contributed by atoms with Crippen molar-refractivity contribution in [3.63, 3.8) is 0 Å². The SMILES string of the molecule is CCC(C)(CC)Nc1ncc(Cl)cc1N. The highest BCUT2D eigenvalue weighted by Gasteiger charge is 2.20. The van der Waals surface area contributed by atoms with Gasteiger partial charge in [0, 0.05) is 11.7 Å². The Balaban J connectivity index is 2.89. The summed E-state index contributed by atoms with van der Waals surface area (Å²) in [4.78, 5) is 4.19. The van der Waals surface area contributed by atoms with E-state index >= 15 is 0 Å². The van der Waals surface area contributed by atoms with E-state index < -0.39 is 0 Å². The molecule has 0 aliphatic heterocycles. The molecule has 0 aliphatic carbocycles. The molecule has 1 aromatic heterocycles. The van der Waals surface area contributed by atoms with Gasteiger partial charge in [0.2, 0.25) is 0 Å². The van der Waals surface area contributed by atoms with Crippen molar-refractivity contribution < 1.29 is 0 Å². The maximum atomic E-state index is 5.83. The van der Waals surface area contributed by atoms with Gasteiger partial charge < -0.3 is 11.1 Å². The molecule has 0 aromatic carbocycles. The first kappa shape index (κ1) is 12.1. The molecule has 0 amide bonds. The summed E-state index contributed by atoms with van der Waals surface area (Å²) in [5.74, 6) is 0.714. The molecule has 0 aliphatic rings. The Hall–Kier alpha value is -0.960. The number of nitrogens with two attached hydrogens (primary N) is 1. The van der Waals surface area contributed by atoms with Crippen LogP contribution in [-0.4, -0.2) is 10.5 Å². The quantitative estimate of drug-likeness (QED) is 0.830. The van der Waals surface area contributed by atoms with Crippen molar-refractivity contribution in [1.82, 2.24) is 4.98 Å². The third-order valence-electron chi connectivity index (χ3n) is 2.86. The van der Waals surface area contributed by atoms with E-state index in [0.29, 0.717) is 16.5 Å². The van der Waals surface area contributed by atoms with Crippen LogP contribution in [0, 0.1) is 0 Å². The van der Waals surface area contributed by atoms with E-state index in [1.807, 2.05) is 0 Å². The molecular formula is C11H18ClN3. The smallest absolute Gasteiger partial charge is 0.149 e. The Labute approximate surface area is 96.0 Å². The third-order valence-corrected chi connectivity index (χ3v) is 3.07. The molecule has 0 spiro atoms. The van der Waals surface area contributed by atoms with Crippen molar-refractivity contribution in [3.8, 4) is 0 Å². The van der Waals surface area contributed by atoms with Gasteiger partial charge in [-0.25, -0.2) is 4.98 Å². The Bertz CT molecular complexity index is 335. The number of hydrogen-bond donors (Lipinski definition) is 2. The van der Waals surface area contributed by atoms with Gasteiger partial charge in [-0.3, -0.25) is 0 Å². The summed E-state index contributed by atoms with van der Waals surface area (Å²) in [6, 6.07) is 1.71. The van der Waals surface area contributed by atoms with E-state index in [4.69, 9.17) is 17.3 Å². The summed E-state index contributed by atoms with van der Waals surface area (Å²) in [7, 11) is 0. The molecule has 84 valence electrons. The standard InChI is InChI=1S/C11H18ClN3/c1-4-11(3,5-2)15-10-9(13)6-8(12)7-14-10/h6-7H,4-5,13H2,1-3H3,(H,14,15). The second-order valence-electron chi connectivity index (χ2n) is 3.98. The lowest BCUT2D eigenvalue weighted by molar-refractivity contribution is 0.477. The lowest BCUT2D eigenvalue weighted by Crippen LogP contribution is -2.33. The van der Waals surface area contributed by atoms with E-state index in [9.17, 15) is 0 Å². The molecule has 1 rings (SSSR count). The first-order valence-corrected chi connectivity index (χ1v) is 5.57. The van der Waals surface area contributed by atoms with Crippen LogP contribution in [0.3, 0.4) is 0 Å². The Morgan fingerprint density at radius 2 is 2.07 bits per heavy atom. The summed E-state index contributed by atoms with van der Waals surface area (Å²) < 4.78 is 0. The number of anilines is 2. The number of rotatable bonds is 4. The number of halogens is 1. The van der Waals surface area contributed by atoms with Crippen LogP contribution in [0.15, 0.2) is 12.3 Å². The predicted octanol–water partition coefficient (Wildman–Crippen LogP) is 3.31. The summed E-state index contributed by atoms with van der Waals surface area (Å²) in [5, 5.41) is 3.92. The largest absolute Gasteiger partial charge is 0.396 e. The summed E-state index contributed by atoms with van der Waals surface area (Å²) in [6.07, 6.45) is 3.65. The molecule has 3 N–H and O–H groups in total. The second-order valence-corrected chi connectivity index (χ2v) is 4.42. The molecule has 1 aromatic rings. The normalized spacial score (nSPS) is 11.5. The number of nitrogens with zero attached hydrogens (tertiary/aromatic N) is 1. The summed E-state index contributed by atoms with van der Waals surface area (Å²) >= 11 is 5.79. The van der Waals surface area contributed by atoms with Gasteiger partial charge in [0.05, 0.1) is 10.7 Å². The lowest BCUT2D eigenvalue weighted by Gasteiger charge is -2.29. The zero-order valence-electron chi connectivity index (χ0n) is 9.47. The van der Waals surface area contributed by atoms with E-state index in [-0.39, 0.29) is 5.54 Å². The number of aromatic nitrogens is 1. The van der Waals surface area contributed by atoms with Crippen LogP contribution >= 0.6 is 11.6 Å². The summed E-state index contributed by atoms with van der Waals surface area (Å²) in [6.45, 7) is 6.44. The van der Waals surface area contributed by atoms with Gasteiger partial charge in [-0.15, -0.1) is 0 Å². The molecule has 15 heavy (non-hydrogen) atoms. The van der Waals surface area contributed by atoms with Gasteiger partial charge in [-0.05, 0) is 25.8 Å². The lowest BCUT2D eigenvalue weighted by atomic mass is 9.95. The first-order chi connectivity index (χ1) is 7.00. The third kappa shape index (κ3) is 2.99. The van der Waals surface area contributed by atoms with Crippen molar-refractivity contribution in [2.24, 2.45) is 0 Å². The fourth-order valence-electron chi connectivity index (χ4n) is 1.27. The first-order valence-electron chi connectivity index (χ1n) is 5.20. The number of nitrogen functional groups attached to an aromatic ring is 1. The molecule has 0 fully saturated rings. The molecule has 1 heterocycles. The van der Waals surface area contributed by atoms with Crippen molar-refractivity contribution in [2.45, 2.75) is 39.2 Å². The maximum absolute atomic E-state index is 5.83. The van der Waals surface area contributed by atoms with Gasteiger partial charge in [0.15, 0.2) is 0 Å². The number of nitrogens with one attached hydrogen (secondary N) is 1. The van der Waals surface area contributed by atoms with Gasteiger partial charge in [-0.2, -0.15) is 0 Å². The molecule has 0 saturated carbocycles. The molecular weight excluding hydrogens is 210 g/mol. The topological polar surface area (TPSA) is 50.9 Å². The molecule has 0 atom stereocenters. The van der Waals surface area contributed by atoms with Crippen molar-refractivity contribution in [3.05, 3.63) is 17.3 Å². The van der Waals surface area contributed by atoms with Crippen LogP contribution in [0.5, 0.6) is 0 Å². The van der Waals surface area contributed by atoms with Gasteiger partial charge >= 0.3 is 0 Å².